The van der Waals surface area contributed by atoms with Crippen LogP contribution in [0.4, 0.5) is 0 Å². The van der Waals surface area contributed by atoms with Crippen LogP contribution in [-0.2, 0) is 6.54 Å². The van der Waals surface area contributed by atoms with E-state index in [1.54, 1.807) is 0 Å². The van der Waals surface area contributed by atoms with Crippen LogP contribution in [-0.4, -0.2) is 78.0 Å². The van der Waals surface area contributed by atoms with E-state index in [0.29, 0.717) is 29.1 Å². The smallest absolute Gasteiger partial charge is 0.294 e. The monoisotopic (exact) mass is 369 g/mol. The molecule has 1 aliphatic heterocycles. The fourth-order valence-electron chi connectivity index (χ4n) is 3.61. The summed E-state index contributed by atoms with van der Waals surface area (Å²) in [6.07, 6.45) is 0. The van der Waals surface area contributed by atoms with Crippen molar-refractivity contribution in [1.82, 2.24) is 24.7 Å². The third-order valence-electron chi connectivity index (χ3n) is 5.23. The summed E-state index contributed by atoms with van der Waals surface area (Å²) >= 11 is 0. The average Bonchev–Trinajstić information content (AvgIpc) is 3.00. The molecule has 7 heteroatoms. The van der Waals surface area contributed by atoms with Crippen LogP contribution in [0.2, 0.25) is 0 Å². The third-order valence-corrected chi connectivity index (χ3v) is 5.23. The van der Waals surface area contributed by atoms with Crippen LogP contribution in [0.25, 0.3) is 22.1 Å². The minimum absolute atomic E-state index is 0.200. The van der Waals surface area contributed by atoms with Crippen molar-refractivity contribution in [2.75, 3.05) is 53.4 Å². The highest BCUT2D eigenvalue weighted by Crippen LogP contribution is 2.26. The van der Waals surface area contributed by atoms with Crippen molar-refractivity contribution >= 4 is 22.1 Å². The third kappa shape index (κ3) is 3.90. The van der Waals surface area contributed by atoms with Gasteiger partial charge in [-0.05, 0) is 33.2 Å². The molecule has 1 saturated heterocycles. The number of aromatic amines is 1. The Morgan fingerprint density at radius 3 is 2.67 bits per heavy atom. The highest BCUT2D eigenvalue weighted by atomic mass is 16.3. The number of hydrogen-bond acceptors (Lipinski definition) is 6. The Kier molecular flexibility index (Phi) is 4.99. The summed E-state index contributed by atoms with van der Waals surface area (Å²) in [5.74, 6) is 0.707. The number of piperazine rings is 1. The molecule has 4 rings (SSSR count). The number of nitrogens with zero attached hydrogens (tertiary/aromatic N) is 4. The van der Waals surface area contributed by atoms with Gasteiger partial charge in [0, 0.05) is 44.7 Å². The zero-order valence-corrected chi connectivity index (χ0v) is 16.3. The maximum absolute atomic E-state index is 12.5. The predicted octanol–water partition coefficient (Wildman–Crippen LogP) is 1.66. The van der Waals surface area contributed by atoms with Crippen LogP contribution >= 0.6 is 0 Å². The Bertz CT molecular complexity index is 999. The lowest BCUT2D eigenvalue weighted by Gasteiger charge is -2.34. The van der Waals surface area contributed by atoms with Crippen molar-refractivity contribution in [1.29, 1.82) is 0 Å². The number of likely N-dealkylation sites (N-methyl/N-ethyl adjacent to an activating group) is 1. The molecule has 1 fully saturated rings. The van der Waals surface area contributed by atoms with Gasteiger partial charge in [-0.1, -0.05) is 11.6 Å². The molecule has 144 valence electrons. The van der Waals surface area contributed by atoms with Gasteiger partial charge in [0.05, 0.1) is 6.54 Å². The van der Waals surface area contributed by atoms with Gasteiger partial charge in [0.2, 0.25) is 5.58 Å². The van der Waals surface area contributed by atoms with E-state index < -0.39 is 0 Å². The summed E-state index contributed by atoms with van der Waals surface area (Å²) < 4.78 is 5.71. The SMILES string of the molecule is Cc1ccc2oc3c(=O)[nH]c(CN4CCN(CCN(C)C)CC4)nc3c2c1. The van der Waals surface area contributed by atoms with Crippen molar-refractivity contribution in [2.24, 2.45) is 0 Å². The highest BCUT2D eigenvalue weighted by Gasteiger charge is 2.19. The van der Waals surface area contributed by atoms with Crippen LogP contribution in [0.5, 0.6) is 0 Å². The molecule has 0 saturated carbocycles. The molecule has 7 nitrogen and oxygen atoms in total. The van der Waals surface area contributed by atoms with Gasteiger partial charge in [-0.2, -0.15) is 0 Å². The molecular formula is C20H27N5O2. The minimum atomic E-state index is -0.200. The maximum Gasteiger partial charge on any atom is 0.294 e. The number of benzene rings is 1. The first kappa shape index (κ1) is 18.2. The molecule has 0 spiro atoms. The standard InChI is InChI=1S/C20H27N5O2/c1-14-4-5-16-15(12-14)18-19(27-16)20(26)22-17(21-18)13-25-10-8-24(9-11-25)7-6-23(2)3/h4-5,12H,6-11,13H2,1-3H3,(H,21,22,26). The Labute approximate surface area is 158 Å². The summed E-state index contributed by atoms with van der Waals surface area (Å²) in [4.78, 5) is 27.2. The molecule has 0 radical (unpaired) electrons. The van der Waals surface area contributed by atoms with Crippen LogP contribution in [0.1, 0.15) is 11.4 Å². The maximum atomic E-state index is 12.5. The number of aromatic nitrogens is 2. The molecule has 0 unspecified atom stereocenters. The largest absolute Gasteiger partial charge is 0.449 e. The van der Waals surface area contributed by atoms with E-state index in [-0.39, 0.29) is 5.56 Å². The van der Waals surface area contributed by atoms with E-state index in [0.717, 1.165) is 50.2 Å². The number of nitrogens with one attached hydrogen (secondary N) is 1. The number of fused-ring (bicyclic) bond motifs is 3. The van der Waals surface area contributed by atoms with Crippen LogP contribution in [0, 0.1) is 6.92 Å². The second-order valence-corrected chi connectivity index (χ2v) is 7.71. The summed E-state index contributed by atoms with van der Waals surface area (Å²) in [5, 5.41) is 0.908. The van der Waals surface area contributed by atoms with Crippen molar-refractivity contribution in [3.05, 3.63) is 39.9 Å². The van der Waals surface area contributed by atoms with E-state index >= 15 is 0 Å². The zero-order chi connectivity index (χ0) is 19.0. The molecule has 0 bridgehead atoms. The van der Waals surface area contributed by atoms with Crippen molar-refractivity contribution in [2.45, 2.75) is 13.5 Å². The molecule has 1 aliphatic rings. The fraction of sp³-hybridized carbons (Fsp3) is 0.500. The molecule has 0 atom stereocenters. The van der Waals surface area contributed by atoms with Gasteiger partial charge in [-0.15, -0.1) is 0 Å². The van der Waals surface area contributed by atoms with Gasteiger partial charge in [-0.25, -0.2) is 4.98 Å². The highest BCUT2D eigenvalue weighted by molar-refractivity contribution is 6.02. The molecule has 3 heterocycles. The summed E-state index contributed by atoms with van der Waals surface area (Å²) in [5.41, 5.74) is 2.61. The molecule has 0 amide bonds. The molecule has 1 aromatic carbocycles. The first-order valence-corrected chi connectivity index (χ1v) is 9.51. The number of H-pyrrole nitrogens is 1. The number of aryl methyl sites for hydroxylation is 1. The second-order valence-electron chi connectivity index (χ2n) is 7.71. The summed E-state index contributed by atoms with van der Waals surface area (Å²) in [6, 6.07) is 5.91. The second kappa shape index (κ2) is 7.42. The van der Waals surface area contributed by atoms with Crippen molar-refractivity contribution < 1.29 is 4.42 Å². The quantitative estimate of drug-likeness (QED) is 0.738. The number of hydrogen-bond donors (Lipinski definition) is 1. The Morgan fingerprint density at radius 1 is 1.19 bits per heavy atom. The van der Waals surface area contributed by atoms with E-state index in [1.807, 2.05) is 25.1 Å². The van der Waals surface area contributed by atoms with E-state index in [4.69, 9.17) is 9.40 Å². The lowest BCUT2D eigenvalue weighted by Crippen LogP contribution is -2.47. The minimum Gasteiger partial charge on any atom is -0.449 e. The van der Waals surface area contributed by atoms with Gasteiger partial charge in [0.1, 0.15) is 16.9 Å². The van der Waals surface area contributed by atoms with E-state index in [9.17, 15) is 4.79 Å². The molecule has 27 heavy (non-hydrogen) atoms. The van der Waals surface area contributed by atoms with Gasteiger partial charge in [0.15, 0.2) is 0 Å². The topological polar surface area (TPSA) is 68.6 Å². The fourth-order valence-corrected chi connectivity index (χ4v) is 3.61. The van der Waals surface area contributed by atoms with Gasteiger partial charge in [0.25, 0.3) is 5.56 Å². The summed E-state index contributed by atoms with van der Waals surface area (Å²) in [6.45, 7) is 8.94. The molecule has 0 aliphatic carbocycles. The Hall–Kier alpha value is -2.22. The average molecular weight is 369 g/mol. The normalized spacial score (nSPS) is 16.7. The van der Waals surface area contributed by atoms with Crippen LogP contribution < -0.4 is 5.56 Å². The Balaban J connectivity index is 1.51. The molecule has 1 N–H and O–H groups in total. The van der Waals surface area contributed by atoms with Crippen molar-refractivity contribution in [3.63, 3.8) is 0 Å². The number of rotatable bonds is 5. The summed E-state index contributed by atoms with van der Waals surface area (Å²) in [7, 11) is 4.21. The lowest BCUT2D eigenvalue weighted by atomic mass is 10.2. The lowest BCUT2D eigenvalue weighted by molar-refractivity contribution is 0.118. The zero-order valence-electron chi connectivity index (χ0n) is 16.3. The van der Waals surface area contributed by atoms with Gasteiger partial charge < -0.3 is 14.3 Å². The molecule has 2 aromatic heterocycles. The first-order valence-electron chi connectivity index (χ1n) is 9.51. The predicted molar refractivity (Wildman–Crippen MR) is 107 cm³/mol. The van der Waals surface area contributed by atoms with Gasteiger partial charge in [-0.3, -0.25) is 14.6 Å². The Morgan fingerprint density at radius 2 is 1.93 bits per heavy atom. The molecule has 3 aromatic rings. The molecular weight excluding hydrogens is 342 g/mol. The first-order chi connectivity index (χ1) is 13.0. The van der Waals surface area contributed by atoms with Crippen LogP contribution in [0.3, 0.4) is 0 Å². The van der Waals surface area contributed by atoms with E-state index in [1.165, 1.54) is 0 Å². The van der Waals surface area contributed by atoms with Gasteiger partial charge >= 0.3 is 0 Å². The number of furan rings is 1. The van der Waals surface area contributed by atoms with Crippen molar-refractivity contribution in [3.8, 4) is 0 Å². The van der Waals surface area contributed by atoms with Crippen LogP contribution in [0.15, 0.2) is 27.4 Å². The van der Waals surface area contributed by atoms with E-state index in [2.05, 4.69) is 33.8 Å².